The summed E-state index contributed by atoms with van der Waals surface area (Å²) in [5.74, 6) is -0.177. The molecule has 1 unspecified atom stereocenters. The van der Waals surface area contributed by atoms with Gasteiger partial charge in [0.25, 0.3) is 0 Å². The second kappa shape index (κ2) is 8.64. The van der Waals surface area contributed by atoms with Gasteiger partial charge in [-0.1, -0.05) is 30.0 Å². The highest BCUT2D eigenvalue weighted by atomic mass is 32.2. The molecule has 1 atom stereocenters. The van der Waals surface area contributed by atoms with E-state index in [0.29, 0.717) is 11.0 Å². The zero-order valence-electron chi connectivity index (χ0n) is 15.6. The molecule has 29 heavy (non-hydrogen) atoms. The Labute approximate surface area is 169 Å². The van der Waals surface area contributed by atoms with Crippen LogP contribution < -0.4 is 5.32 Å². The summed E-state index contributed by atoms with van der Waals surface area (Å²) in [5.41, 5.74) is 2.55. The van der Waals surface area contributed by atoms with Crippen molar-refractivity contribution in [2.24, 2.45) is 0 Å². The third-order valence-electron chi connectivity index (χ3n) is 4.04. The molecule has 10 heteroatoms. The fraction of sp³-hybridized carbons (Fsp3) is 0.263. The zero-order valence-corrected chi connectivity index (χ0v) is 16.5. The summed E-state index contributed by atoms with van der Waals surface area (Å²) >= 11 is 1.04. The Balaban J connectivity index is 1.94. The van der Waals surface area contributed by atoms with Crippen LogP contribution in [0.15, 0.2) is 53.9 Å². The molecule has 1 N–H and O–H groups in total. The van der Waals surface area contributed by atoms with Gasteiger partial charge in [0.15, 0.2) is 11.0 Å². The Morgan fingerprint density at radius 2 is 1.86 bits per heavy atom. The lowest BCUT2D eigenvalue weighted by Crippen LogP contribution is -2.38. The number of carbonyl (C=O) groups excluding carboxylic acids is 1. The Kier molecular flexibility index (Phi) is 6.21. The standard InChI is InChI=1S/C19H18F3N5OS/c1-12-5-3-4-6-15(12)27-16(14-7-9-23-10-8-14)25-26-18(27)29-13(2)17(28)24-11-19(20,21)22/h3-10,13H,11H2,1-2H3,(H,24,28). The molecule has 0 fully saturated rings. The molecule has 0 spiro atoms. The Hall–Kier alpha value is -2.88. The predicted octanol–water partition coefficient (Wildman–Crippen LogP) is 3.80. The molecule has 2 heterocycles. The third kappa shape index (κ3) is 5.14. The van der Waals surface area contributed by atoms with Gasteiger partial charge in [0.2, 0.25) is 5.91 Å². The van der Waals surface area contributed by atoms with Gasteiger partial charge < -0.3 is 5.32 Å². The van der Waals surface area contributed by atoms with Crippen molar-refractivity contribution in [3.05, 3.63) is 54.4 Å². The van der Waals surface area contributed by atoms with Crippen molar-refractivity contribution in [3.8, 4) is 17.1 Å². The molecule has 0 aliphatic rings. The molecule has 0 aliphatic carbocycles. The quantitative estimate of drug-likeness (QED) is 0.613. The van der Waals surface area contributed by atoms with E-state index in [0.717, 1.165) is 28.6 Å². The van der Waals surface area contributed by atoms with E-state index >= 15 is 0 Å². The number of nitrogens with zero attached hydrogens (tertiary/aromatic N) is 4. The molecule has 0 saturated heterocycles. The van der Waals surface area contributed by atoms with Crippen LogP contribution in [0.3, 0.4) is 0 Å². The van der Waals surface area contributed by atoms with Crippen LogP contribution in [0.5, 0.6) is 0 Å². The number of benzene rings is 1. The fourth-order valence-electron chi connectivity index (χ4n) is 2.61. The smallest absolute Gasteiger partial charge is 0.346 e. The van der Waals surface area contributed by atoms with Crippen molar-refractivity contribution >= 4 is 17.7 Å². The number of para-hydroxylation sites is 1. The van der Waals surface area contributed by atoms with Crippen molar-refractivity contribution in [1.82, 2.24) is 25.1 Å². The van der Waals surface area contributed by atoms with Gasteiger partial charge in [-0.05, 0) is 37.6 Å². The van der Waals surface area contributed by atoms with E-state index in [2.05, 4.69) is 15.2 Å². The summed E-state index contributed by atoms with van der Waals surface area (Å²) in [7, 11) is 0. The van der Waals surface area contributed by atoms with Crippen molar-refractivity contribution < 1.29 is 18.0 Å². The lowest BCUT2D eigenvalue weighted by Gasteiger charge is -2.15. The maximum absolute atomic E-state index is 12.4. The molecule has 1 amide bonds. The van der Waals surface area contributed by atoms with Crippen molar-refractivity contribution in [2.45, 2.75) is 30.4 Å². The highest BCUT2D eigenvalue weighted by Gasteiger charge is 2.29. The van der Waals surface area contributed by atoms with Crippen LogP contribution in [-0.4, -0.2) is 43.6 Å². The van der Waals surface area contributed by atoms with Crippen LogP contribution in [-0.2, 0) is 4.79 Å². The van der Waals surface area contributed by atoms with E-state index < -0.39 is 23.9 Å². The molecule has 152 valence electrons. The number of aryl methyl sites for hydroxylation is 1. The second-order valence-electron chi connectivity index (χ2n) is 6.26. The van der Waals surface area contributed by atoms with E-state index in [1.54, 1.807) is 29.1 Å². The number of hydrogen-bond donors (Lipinski definition) is 1. The van der Waals surface area contributed by atoms with E-state index in [1.165, 1.54) is 6.92 Å². The number of carbonyl (C=O) groups is 1. The van der Waals surface area contributed by atoms with Crippen molar-refractivity contribution in [3.63, 3.8) is 0 Å². The zero-order chi connectivity index (χ0) is 21.0. The van der Waals surface area contributed by atoms with Crippen LogP contribution in [0.2, 0.25) is 0 Å². The summed E-state index contributed by atoms with van der Waals surface area (Å²) < 4.78 is 38.9. The Morgan fingerprint density at radius 1 is 1.17 bits per heavy atom. The molecule has 0 aliphatic heterocycles. The first-order valence-electron chi connectivity index (χ1n) is 8.69. The molecular weight excluding hydrogens is 403 g/mol. The molecule has 0 radical (unpaired) electrons. The third-order valence-corrected chi connectivity index (χ3v) is 5.09. The normalized spacial score (nSPS) is 12.6. The molecular formula is C19H18F3N5OS. The maximum atomic E-state index is 12.4. The molecule has 3 aromatic rings. The summed E-state index contributed by atoms with van der Waals surface area (Å²) in [6.45, 7) is 2.09. The van der Waals surface area contributed by atoms with Crippen molar-refractivity contribution in [1.29, 1.82) is 0 Å². The number of thioether (sulfide) groups is 1. The van der Waals surface area contributed by atoms with E-state index in [4.69, 9.17) is 0 Å². The number of amides is 1. The number of pyridine rings is 1. The number of alkyl halides is 3. The van der Waals surface area contributed by atoms with Gasteiger partial charge in [0.05, 0.1) is 10.9 Å². The van der Waals surface area contributed by atoms with Crippen LogP contribution in [0.4, 0.5) is 13.2 Å². The predicted molar refractivity (Wildman–Crippen MR) is 104 cm³/mol. The van der Waals surface area contributed by atoms with Gasteiger partial charge >= 0.3 is 6.18 Å². The minimum absolute atomic E-state index is 0.403. The van der Waals surface area contributed by atoms with Crippen molar-refractivity contribution in [2.75, 3.05) is 6.54 Å². The first-order valence-corrected chi connectivity index (χ1v) is 9.57. The number of hydrogen-bond acceptors (Lipinski definition) is 5. The fourth-order valence-corrected chi connectivity index (χ4v) is 3.49. The summed E-state index contributed by atoms with van der Waals surface area (Å²) in [6.07, 6.45) is -1.20. The summed E-state index contributed by atoms with van der Waals surface area (Å²) in [5, 5.41) is 9.96. The molecule has 2 aromatic heterocycles. The van der Waals surface area contributed by atoms with Gasteiger partial charge in [0, 0.05) is 18.0 Å². The van der Waals surface area contributed by atoms with Gasteiger partial charge in [-0.3, -0.25) is 14.3 Å². The molecule has 1 aromatic carbocycles. The minimum atomic E-state index is -4.46. The van der Waals surface area contributed by atoms with Gasteiger partial charge in [-0.15, -0.1) is 10.2 Å². The number of halogens is 3. The molecule has 3 rings (SSSR count). The van der Waals surface area contributed by atoms with Crippen LogP contribution in [0.1, 0.15) is 12.5 Å². The van der Waals surface area contributed by atoms with E-state index in [1.807, 2.05) is 36.5 Å². The average Bonchev–Trinajstić information content (AvgIpc) is 3.09. The lowest BCUT2D eigenvalue weighted by molar-refractivity contribution is -0.137. The monoisotopic (exact) mass is 421 g/mol. The van der Waals surface area contributed by atoms with Crippen LogP contribution in [0, 0.1) is 6.92 Å². The number of rotatable bonds is 6. The molecule has 0 bridgehead atoms. The van der Waals surface area contributed by atoms with E-state index in [9.17, 15) is 18.0 Å². The first kappa shape index (κ1) is 20.8. The summed E-state index contributed by atoms with van der Waals surface area (Å²) in [6, 6.07) is 11.2. The number of aromatic nitrogens is 4. The van der Waals surface area contributed by atoms with Gasteiger partial charge in [0.1, 0.15) is 6.54 Å². The van der Waals surface area contributed by atoms with Crippen LogP contribution in [0.25, 0.3) is 17.1 Å². The van der Waals surface area contributed by atoms with E-state index in [-0.39, 0.29) is 0 Å². The maximum Gasteiger partial charge on any atom is 0.405 e. The largest absolute Gasteiger partial charge is 0.405 e. The second-order valence-corrected chi connectivity index (χ2v) is 7.56. The minimum Gasteiger partial charge on any atom is -0.346 e. The van der Waals surface area contributed by atoms with Gasteiger partial charge in [-0.25, -0.2) is 0 Å². The SMILES string of the molecule is Cc1ccccc1-n1c(SC(C)C(=O)NCC(F)(F)F)nnc1-c1ccncc1. The molecule has 6 nitrogen and oxygen atoms in total. The highest BCUT2D eigenvalue weighted by molar-refractivity contribution is 8.00. The highest BCUT2D eigenvalue weighted by Crippen LogP contribution is 2.31. The van der Waals surface area contributed by atoms with Crippen LogP contribution >= 0.6 is 11.8 Å². The Morgan fingerprint density at radius 3 is 2.52 bits per heavy atom. The summed E-state index contributed by atoms with van der Waals surface area (Å²) in [4.78, 5) is 16.1. The number of nitrogens with one attached hydrogen (secondary N) is 1. The van der Waals surface area contributed by atoms with Gasteiger partial charge in [-0.2, -0.15) is 13.2 Å². The topological polar surface area (TPSA) is 72.7 Å². The average molecular weight is 421 g/mol. The lowest BCUT2D eigenvalue weighted by atomic mass is 10.2. The Bertz CT molecular complexity index is 991. The molecule has 0 saturated carbocycles. The first-order chi connectivity index (χ1) is 13.8.